The average molecular weight is 434 g/mol. The van der Waals surface area contributed by atoms with Gasteiger partial charge >= 0.3 is 6.36 Å². The van der Waals surface area contributed by atoms with E-state index in [2.05, 4.69) is 9.84 Å². The Bertz CT molecular complexity index is 1010. The summed E-state index contributed by atoms with van der Waals surface area (Å²) in [6, 6.07) is 13.2. The smallest absolute Gasteiger partial charge is 0.493 e. The van der Waals surface area contributed by atoms with Crippen LogP contribution in [0.25, 0.3) is 11.3 Å². The number of ether oxygens (including phenoxy) is 4. The van der Waals surface area contributed by atoms with E-state index in [1.165, 1.54) is 12.1 Å². The molecule has 0 spiro atoms. The minimum atomic E-state index is -4.71. The molecule has 0 aliphatic carbocycles. The fraction of sp³-hybridized carbons (Fsp3) is 0.318. The third kappa shape index (κ3) is 5.29. The first-order valence-electron chi connectivity index (χ1n) is 9.74. The van der Waals surface area contributed by atoms with Gasteiger partial charge in [0.1, 0.15) is 5.75 Å². The van der Waals surface area contributed by atoms with Gasteiger partial charge in [-0.25, -0.2) is 0 Å². The summed E-state index contributed by atoms with van der Waals surface area (Å²) in [6.45, 7) is 1.05. The first kappa shape index (κ1) is 21.0. The maximum Gasteiger partial charge on any atom is 0.573 e. The topological polar surface area (TPSA) is 54.7 Å². The summed E-state index contributed by atoms with van der Waals surface area (Å²) >= 11 is 0. The first-order valence-corrected chi connectivity index (χ1v) is 9.74. The summed E-state index contributed by atoms with van der Waals surface area (Å²) in [4.78, 5) is 0. The number of alkyl halides is 3. The van der Waals surface area contributed by atoms with Crippen molar-refractivity contribution in [3.05, 3.63) is 60.3 Å². The monoisotopic (exact) mass is 434 g/mol. The number of nitrogens with zero attached hydrogens (tertiary/aromatic N) is 2. The summed E-state index contributed by atoms with van der Waals surface area (Å²) in [5.74, 6) is 0.918. The fourth-order valence-corrected chi connectivity index (χ4v) is 3.38. The molecule has 1 fully saturated rings. The zero-order valence-corrected chi connectivity index (χ0v) is 16.8. The molecule has 1 aliphatic rings. The van der Waals surface area contributed by atoms with Crippen LogP contribution >= 0.6 is 0 Å². The molecule has 2 heterocycles. The Morgan fingerprint density at radius 1 is 1.10 bits per heavy atom. The van der Waals surface area contributed by atoms with E-state index in [-0.39, 0.29) is 12.0 Å². The second-order valence-corrected chi connectivity index (χ2v) is 6.99. The van der Waals surface area contributed by atoms with Gasteiger partial charge in [-0.15, -0.1) is 13.2 Å². The predicted octanol–water partition coefficient (Wildman–Crippen LogP) is 5.02. The van der Waals surface area contributed by atoms with Gasteiger partial charge in [-0.3, -0.25) is 4.68 Å². The Kier molecular flexibility index (Phi) is 6.03. The number of hydrogen-bond donors (Lipinski definition) is 0. The molecule has 4 rings (SSSR count). The van der Waals surface area contributed by atoms with Gasteiger partial charge in [-0.2, -0.15) is 5.10 Å². The van der Waals surface area contributed by atoms with Crippen LogP contribution in [0.3, 0.4) is 0 Å². The van der Waals surface area contributed by atoms with Gasteiger partial charge < -0.3 is 18.9 Å². The third-order valence-electron chi connectivity index (χ3n) is 4.81. The molecule has 9 heteroatoms. The van der Waals surface area contributed by atoms with Crippen LogP contribution in [0.5, 0.6) is 17.2 Å². The summed E-state index contributed by atoms with van der Waals surface area (Å²) in [7, 11) is 1.58. The Morgan fingerprint density at radius 2 is 1.90 bits per heavy atom. The number of hydrogen-bond acceptors (Lipinski definition) is 5. The van der Waals surface area contributed by atoms with Gasteiger partial charge in [0.25, 0.3) is 0 Å². The van der Waals surface area contributed by atoms with E-state index >= 15 is 0 Å². The van der Waals surface area contributed by atoms with E-state index in [0.29, 0.717) is 24.7 Å². The number of rotatable bonds is 7. The molecule has 1 aromatic heterocycles. The van der Waals surface area contributed by atoms with Crippen molar-refractivity contribution in [3.8, 4) is 28.5 Å². The SMILES string of the molecule is COc1ccc(-c2ccnn2Cc2ccc(OC(F)(F)F)cc2)cc1OC1CCCO1. The molecule has 164 valence electrons. The molecule has 1 saturated heterocycles. The third-order valence-corrected chi connectivity index (χ3v) is 4.81. The molecule has 2 aromatic carbocycles. The van der Waals surface area contributed by atoms with Gasteiger partial charge in [0.2, 0.25) is 0 Å². The predicted molar refractivity (Wildman–Crippen MR) is 106 cm³/mol. The molecule has 1 unspecified atom stereocenters. The highest BCUT2D eigenvalue weighted by Gasteiger charge is 2.31. The second kappa shape index (κ2) is 8.89. The molecule has 6 nitrogen and oxygen atoms in total. The lowest BCUT2D eigenvalue weighted by Gasteiger charge is -2.17. The highest BCUT2D eigenvalue weighted by Crippen LogP contribution is 2.34. The lowest BCUT2D eigenvalue weighted by molar-refractivity contribution is -0.274. The van der Waals surface area contributed by atoms with Crippen molar-refractivity contribution in [2.24, 2.45) is 0 Å². The minimum absolute atomic E-state index is 0.261. The highest BCUT2D eigenvalue weighted by atomic mass is 19.4. The maximum absolute atomic E-state index is 12.3. The zero-order chi connectivity index (χ0) is 21.8. The van der Waals surface area contributed by atoms with Crippen molar-refractivity contribution in [3.63, 3.8) is 0 Å². The molecule has 3 aromatic rings. The molecule has 1 aliphatic heterocycles. The quantitative estimate of drug-likeness (QED) is 0.523. The van der Waals surface area contributed by atoms with Crippen LogP contribution in [0, 0.1) is 0 Å². The van der Waals surface area contributed by atoms with Crippen LogP contribution in [0.15, 0.2) is 54.7 Å². The standard InChI is InChI=1S/C22H21F3N2O4/c1-28-19-9-6-16(13-20(19)30-21-3-2-12-29-21)18-10-11-26-27(18)14-15-4-7-17(8-5-15)31-22(23,24)25/h4-11,13,21H,2-3,12,14H2,1H3. The Balaban J connectivity index is 1.54. The highest BCUT2D eigenvalue weighted by molar-refractivity contribution is 5.64. The summed E-state index contributed by atoms with van der Waals surface area (Å²) < 4.78 is 59.6. The van der Waals surface area contributed by atoms with E-state index in [1.807, 2.05) is 24.3 Å². The van der Waals surface area contributed by atoms with Gasteiger partial charge in [0.15, 0.2) is 17.8 Å². The number of aromatic nitrogens is 2. The Labute approximate surface area is 177 Å². The van der Waals surface area contributed by atoms with Crippen LogP contribution in [-0.4, -0.2) is 36.1 Å². The van der Waals surface area contributed by atoms with Crippen molar-refractivity contribution in [1.29, 1.82) is 0 Å². The number of benzene rings is 2. The first-order chi connectivity index (χ1) is 14.9. The Hall–Kier alpha value is -3.20. The molecule has 0 saturated carbocycles. The average Bonchev–Trinajstić information content (AvgIpc) is 3.40. The van der Waals surface area contributed by atoms with E-state index in [0.717, 1.165) is 29.7 Å². The van der Waals surface area contributed by atoms with E-state index in [9.17, 15) is 13.2 Å². The van der Waals surface area contributed by atoms with Crippen LogP contribution < -0.4 is 14.2 Å². The molecular weight excluding hydrogens is 413 g/mol. The van der Waals surface area contributed by atoms with Crippen molar-refractivity contribution in [2.45, 2.75) is 32.0 Å². The maximum atomic E-state index is 12.3. The molecule has 31 heavy (non-hydrogen) atoms. The van der Waals surface area contributed by atoms with E-state index in [1.54, 1.807) is 30.1 Å². The van der Waals surface area contributed by atoms with E-state index < -0.39 is 6.36 Å². The molecular formula is C22H21F3N2O4. The molecule has 0 bridgehead atoms. The fourth-order valence-electron chi connectivity index (χ4n) is 3.38. The summed E-state index contributed by atoms with van der Waals surface area (Å²) in [6.07, 6.45) is -1.58. The van der Waals surface area contributed by atoms with Crippen molar-refractivity contribution < 1.29 is 32.1 Å². The van der Waals surface area contributed by atoms with Crippen LogP contribution in [0.2, 0.25) is 0 Å². The lowest BCUT2D eigenvalue weighted by Crippen LogP contribution is -2.17. The second-order valence-electron chi connectivity index (χ2n) is 6.99. The van der Waals surface area contributed by atoms with Crippen LogP contribution in [0.4, 0.5) is 13.2 Å². The minimum Gasteiger partial charge on any atom is -0.493 e. The van der Waals surface area contributed by atoms with Crippen molar-refractivity contribution in [1.82, 2.24) is 9.78 Å². The van der Waals surface area contributed by atoms with E-state index in [4.69, 9.17) is 14.2 Å². The number of halogens is 3. The Morgan fingerprint density at radius 3 is 2.58 bits per heavy atom. The normalized spacial score (nSPS) is 16.3. The zero-order valence-electron chi connectivity index (χ0n) is 16.8. The molecule has 1 atom stereocenters. The van der Waals surface area contributed by atoms with Crippen molar-refractivity contribution in [2.75, 3.05) is 13.7 Å². The molecule has 0 radical (unpaired) electrons. The lowest BCUT2D eigenvalue weighted by atomic mass is 10.1. The van der Waals surface area contributed by atoms with Gasteiger partial charge in [-0.1, -0.05) is 12.1 Å². The summed E-state index contributed by atoms with van der Waals surface area (Å²) in [5, 5.41) is 4.35. The number of methoxy groups -OCH3 is 1. The van der Waals surface area contributed by atoms with Crippen LogP contribution in [-0.2, 0) is 11.3 Å². The van der Waals surface area contributed by atoms with Gasteiger partial charge in [0.05, 0.1) is 26.0 Å². The van der Waals surface area contributed by atoms with Crippen molar-refractivity contribution >= 4 is 0 Å². The molecule has 0 amide bonds. The largest absolute Gasteiger partial charge is 0.573 e. The van der Waals surface area contributed by atoms with Gasteiger partial charge in [-0.05, 0) is 48.4 Å². The summed E-state index contributed by atoms with van der Waals surface area (Å²) in [5.41, 5.74) is 2.47. The molecule has 0 N–H and O–H groups in total. The van der Waals surface area contributed by atoms with Crippen LogP contribution in [0.1, 0.15) is 18.4 Å². The van der Waals surface area contributed by atoms with Gasteiger partial charge in [0, 0.05) is 18.2 Å².